The molecule has 0 saturated heterocycles. The number of nitrogens with zero attached hydrogens (tertiary/aromatic N) is 1. The summed E-state index contributed by atoms with van der Waals surface area (Å²) in [5.41, 5.74) is 1.23. The van der Waals surface area contributed by atoms with Crippen LogP contribution in [0.1, 0.15) is 5.56 Å². The van der Waals surface area contributed by atoms with Crippen molar-refractivity contribution in [3.8, 4) is 5.75 Å². The van der Waals surface area contributed by atoms with E-state index in [0.717, 1.165) is 18.8 Å². The molecule has 2 rings (SSSR count). The number of aliphatic hydroxyl groups excluding tert-OH is 1. The molecule has 0 heterocycles. The summed E-state index contributed by atoms with van der Waals surface area (Å²) in [6.45, 7) is 3.12. The number of ether oxygens (including phenoxy) is 2. The Hall–Kier alpha value is -1.62. The smallest absolute Gasteiger partial charge is 0.119 e. The van der Waals surface area contributed by atoms with Gasteiger partial charge in [-0.2, -0.15) is 0 Å². The number of fused-ring (bicyclic) bond motifs is 1. The van der Waals surface area contributed by atoms with Gasteiger partial charge in [0.2, 0.25) is 0 Å². The van der Waals surface area contributed by atoms with Crippen molar-refractivity contribution in [1.29, 1.82) is 0 Å². The van der Waals surface area contributed by atoms with Crippen LogP contribution in [0.5, 0.6) is 5.75 Å². The van der Waals surface area contributed by atoms with Gasteiger partial charge in [0.25, 0.3) is 0 Å². The highest BCUT2D eigenvalue weighted by atomic mass is 16.5. The molecule has 4 nitrogen and oxygen atoms in total. The quantitative estimate of drug-likeness (QED) is 0.809. The van der Waals surface area contributed by atoms with Crippen LogP contribution in [-0.2, 0) is 11.3 Å². The number of aliphatic hydroxyl groups is 1. The molecule has 0 aliphatic heterocycles. The van der Waals surface area contributed by atoms with E-state index in [1.165, 1.54) is 16.3 Å². The Labute approximate surface area is 125 Å². The van der Waals surface area contributed by atoms with Crippen molar-refractivity contribution in [2.24, 2.45) is 0 Å². The maximum Gasteiger partial charge on any atom is 0.119 e. The summed E-state index contributed by atoms with van der Waals surface area (Å²) in [5.74, 6) is 0.872. The highest BCUT2D eigenvalue weighted by Crippen LogP contribution is 2.22. The Bertz CT molecular complexity index is 571. The van der Waals surface area contributed by atoms with Gasteiger partial charge in [0.1, 0.15) is 5.75 Å². The molecule has 0 amide bonds. The van der Waals surface area contributed by atoms with Gasteiger partial charge in [-0.3, -0.25) is 4.90 Å². The molecular weight excluding hydrogens is 266 g/mol. The average Bonchev–Trinajstić information content (AvgIpc) is 2.52. The minimum atomic E-state index is 0.161. The van der Waals surface area contributed by atoms with Gasteiger partial charge in [-0.15, -0.1) is 0 Å². The number of rotatable bonds is 8. The lowest BCUT2D eigenvalue weighted by atomic mass is 10.1. The highest BCUT2D eigenvalue weighted by Gasteiger charge is 2.06. The fourth-order valence-corrected chi connectivity index (χ4v) is 2.39. The second-order valence-electron chi connectivity index (χ2n) is 5.04. The molecule has 0 aliphatic carbocycles. The zero-order chi connectivity index (χ0) is 15.1. The first-order valence-corrected chi connectivity index (χ1v) is 7.15. The normalized spacial score (nSPS) is 11.2. The van der Waals surface area contributed by atoms with Crippen LogP contribution in [-0.4, -0.2) is 50.5 Å². The summed E-state index contributed by atoms with van der Waals surface area (Å²) in [6, 6.07) is 12.5. The van der Waals surface area contributed by atoms with Crippen molar-refractivity contribution in [3.05, 3.63) is 42.0 Å². The van der Waals surface area contributed by atoms with E-state index in [0.29, 0.717) is 13.2 Å². The zero-order valence-electron chi connectivity index (χ0n) is 12.7. The molecule has 0 fully saturated rings. The fourth-order valence-electron chi connectivity index (χ4n) is 2.39. The first-order valence-electron chi connectivity index (χ1n) is 7.15. The molecule has 0 aliphatic rings. The molecule has 1 N–H and O–H groups in total. The van der Waals surface area contributed by atoms with Crippen molar-refractivity contribution in [3.63, 3.8) is 0 Å². The van der Waals surface area contributed by atoms with Crippen LogP contribution in [0, 0.1) is 0 Å². The topological polar surface area (TPSA) is 41.9 Å². The summed E-state index contributed by atoms with van der Waals surface area (Å²) in [5, 5.41) is 11.5. The van der Waals surface area contributed by atoms with E-state index in [4.69, 9.17) is 14.6 Å². The van der Waals surface area contributed by atoms with E-state index in [9.17, 15) is 0 Å². The number of hydrogen-bond donors (Lipinski definition) is 1. The van der Waals surface area contributed by atoms with E-state index >= 15 is 0 Å². The number of methoxy groups -OCH3 is 2. The van der Waals surface area contributed by atoms with Crippen LogP contribution >= 0.6 is 0 Å². The van der Waals surface area contributed by atoms with Crippen LogP contribution in [0.4, 0.5) is 0 Å². The lowest BCUT2D eigenvalue weighted by Crippen LogP contribution is -2.29. The summed E-state index contributed by atoms with van der Waals surface area (Å²) < 4.78 is 10.4. The van der Waals surface area contributed by atoms with Crippen molar-refractivity contribution in [2.45, 2.75) is 6.54 Å². The van der Waals surface area contributed by atoms with Crippen molar-refractivity contribution in [1.82, 2.24) is 4.90 Å². The first-order chi connectivity index (χ1) is 10.3. The summed E-state index contributed by atoms with van der Waals surface area (Å²) in [7, 11) is 3.37. The molecule has 4 heteroatoms. The molecule has 2 aromatic carbocycles. The predicted octanol–water partition coefficient (Wildman–Crippen LogP) is 2.29. The molecule has 0 atom stereocenters. The minimum Gasteiger partial charge on any atom is -0.497 e. The lowest BCUT2D eigenvalue weighted by molar-refractivity contribution is 0.127. The van der Waals surface area contributed by atoms with Gasteiger partial charge in [-0.1, -0.05) is 18.2 Å². The zero-order valence-corrected chi connectivity index (χ0v) is 12.7. The molecule has 0 radical (unpaired) electrons. The molecule has 0 bridgehead atoms. The van der Waals surface area contributed by atoms with Gasteiger partial charge in [-0.25, -0.2) is 0 Å². The fraction of sp³-hybridized carbons (Fsp3) is 0.412. The Kier molecular flexibility index (Phi) is 5.99. The molecule has 0 spiro atoms. The number of hydrogen-bond acceptors (Lipinski definition) is 4. The van der Waals surface area contributed by atoms with E-state index in [-0.39, 0.29) is 6.61 Å². The van der Waals surface area contributed by atoms with E-state index in [1.54, 1.807) is 14.2 Å². The van der Waals surface area contributed by atoms with Crippen LogP contribution in [0.2, 0.25) is 0 Å². The Morgan fingerprint density at radius 3 is 2.48 bits per heavy atom. The molecule has 0 aromatic heterocycles. The van der Waals surface area contributed by atoms with Gasteiger partial charge in [-0.05, 0) is 34.5 Å². The second kappa shape index (κ2) is 7.98. The molecule has 0 unspecified atom stereocenters. The van der Waals surface area contributed by atoms with Crippen LogP contribution in [0.15, 0.2) is 36.4 Å². The third kappa shape index (κ3) is 4.43. The Morgan fingerprint density at radius 2 is 1.76 bits per heavy atom. The second-order valence-corrected chi connectivity index (χ2v) is 5.04. The molecule has 21 heavy (non-hydrogen) atoms. The van der Waals surface area contributed by atoms with Gasteiger partial charge in [0, 0.05) is 26.7 Å². The van der Waals surface area contributed by atoms with Crippen molar-refractivity contribution in [2.75, 3.05) is 40.5 Å². The molecular formula is C17H23NO3. The Balaban J connectivity index is 2.13. The third-order valence-corrected chi connectivity index (χ3v) is 3.55. The summed E-state index contributed by atoms with van der Waals surface area (Å²) in [4.78, 5) is 2.19. The van der Waals surface area contributed by atoms with Gasteiger partial charge >= 0.3 is 0 Å². The maximum absolute atomic E-state index is 9.15. The van der Waals surface area contributed by atoms with E-state index in [2.05, 4.69) is 29.2 Å². The summed E-state index contributed by atoms with van der Waals surface area (Å²) in [6.07, 6.45) is 0. The average molecular weight is 289 g/mol. The minimum absolute atomic E-state index is 0.161. The maximum atomic E-state index is 9.15. The molecule has 114 valence electrons. The van der Waals surface area contributed by atoms with E-state index < -0.39 is 0 Å². The number of benzene rings is 2. The van der Waals surface area contributed by atoms with Crippen LogP contribution < -0.4 is 4.74 Å². The van der Waals surface area contributed by atoms with Crippen LogP contribution in [0.25, 0.3) is 10.8 Å². The first kappa shape index (κ1) is 15.8. The lowest BCUT2D eigenvalue weighted by Gasteiger charge is -2.21. The molecule has 0 saturated carbocycles. The SMILES string of the molecule is COCCN(CCO)Cc1ccc2cc(OC)ccc2c1. The monoisotopic (exact) mass is 289 g/mol. The van der Waals surface area contributed by atoms with Crippen molar-refractivity contribution < 1.29 is 14.6 Å². The van der Waals surface area contributed by atoms with Crippen LogP contribution in [0.3, 0.4) is 0 Å². The highest BCUT2D eigenvalue weighted by molar-refractivity contribution is 5.84. The van der Waals surface area contributed by atoms with Gasteiger partial charge in [0.15, 0.2) is 0 Å². The van der Waals surface area contributed by atoms with Gasteiger partial charge < -0.3 is 14.6 Å². The predicted molar refractivity (Wildman–Crippen MR) is 84.7 cm³/mol. The van der Waals surface area contributed by atoms with E-state index in [1.807, 2.05) is 12.1 Å². The summed E-state index contributed by atoms with van der Waals surface area (Å²) >= 11 is 0. The Morgan fingerprint density at radius 1 is 1.00 bits per heavy atom. The van der Waals surface area contributed by atoms with Crippen molar-refractivity contribution >= 4 is 10.8 Å². The standard InChI is InChI=1S/C17H23NO3/c1-20-10-8-18(7-9-19)13-14-3-4-16-12-17(21-2)6-5-15(16)11-14/h3-6,11-12,19H,7-10,13H2,1-2H3. The third-order valence-electron chi connectivity index (χ3n) is 3.55. The van der Waals surface area contributed by atoms with Gasteiger partial charge in [0.05, 0.1) is 20.3 Å². The largest absolute Gasteiger partial charge is 0.497 e. The molecule has 2 aromatic rings.